The van der Waals surface area contributed by atoms with E-state index in [0.717, 1.165) is 5.56 Å². The van der Waals surface area contributed by atoms with E-state index in [4.69, 9.17) is 37.9 Å². The minimum atomic E-state index is 0.303. The zero-order valence-corrected chi connectivity index (χ0v) is 17.5. The molecule has 0 aliphatic rings. The van der Waals surface area contributed by atoms with Crippen molar-refractivity contribution < 1.29 is 9.47 Å². The third-order valence-electron chi connectivity index (χ3n) is 4.30. The first-order valence-electron chi connectivity index (χ1n) is 8.91. The Morgan fingerprint density at radius 1 is 1.00 bits per heavy atom. The lowest BCUT2D eigenvalue weighted by Gasteiger charge is -2.14. The minimum Gasteiger partial charge on any atom is -0.493 e. The van der Waals surface area contributed by atoms with E-state index in [1.54, 1.807) is 54.6 Å². The van der Waals surface area contributed by atoms with Crippen LogP contribution >= 0.6 is 23.2 Å². The highest BCUT2D eigenvalue weighted by atomic mass is 35.5. The lowest BCUT2D eigenvalue weighted by Crippen LogP contribution is -1.99. The molecule has 0 aliphatic carbocycles. The molecule has 6 heteroatoms. The third kappa shape index (κ3) is 5.13. The van der Waals surface area contributed by atoms with E-state index in [1.807, 2.05) is 12.1 Å². The van der Waals surface area contributed by atoms with Crippen LogP contribution in [0.15, 0.2) is 60.7 Å². The summed E-state index contributed by atoms with van der Waals surface area (Å²) in [4.78, 5) is 0. The van der Waals surface area contributed by atoms with Gasteiger partial charge in [-0.25, -0.2) is 0 Å². The van der Waals surface area contributed by atoms with Gasteiger partial charge in [-0.15, -0.1) is 0 Å². The second-order valence-corrected chi connectivity index (χ2v) is 7.15. The summed E-state index contributed by atoms with van der Waals surface area (Å²) in [6, 6.07) is 21.8. The molecule has 0 radical (unpaired) electrons. The molecule has 30 heavy (non-hydrogen) atoms. The van der Waals surface area contributed by atoms with E-state index < -0.39 is 0 Å². The predicted molar refractivity (Wildman–Crippen MR) is 118 cm³/mol. The topological polar surface area (TPSA) is 66.0 Å². The van der Waals surface area contributed by atoms with E-state index >= 15 is 0 Å². The fraction of sp³-hybridized carbons (Fsp3) is 0.0833. The Labute approximate surface area is 185 Å². The highest BCUT2D eigenvalue weighted by Gasteiger charge is 2.13. The third-order valence-corrected chi connectivity index (χ3v) is 4.84. The summed E-state index contributed by atoms with van der Waals surface area (Å²) in [5.41, 5.74) is 3.30. The van der Waals surface area contributed by atoms with Crippen LogP contribution in [0, 0.1) is 22.7 Å². The summed E-state index contributed by atoms with van der Waals surface area (Å²) < 4.78 is 11.3. The maximum Gasteiger partial charge on any atom is 0.180 e. The minimum absolute atomic E-state index is 0.303. The van der Waals surface area contributed by atoms with Gasteiger partial charge >= 0.3 is 0 Å². The van der Waals surface area contributed by atoms with Crippen molar-refractivity contribution in [3.05, 3.63) is 93.0 Å². The molecule has 4 nitrogen and oxygen atoms in total. The number of hydrogen-bond acceptors (Lipinski definition) is 4. The van der Waals surface area contributed by atoms with E-state index in [-0.39, 0.29) is 0 Å². The number of halogens is 2. The summed E-state index contributed by atoms with van der Waals surface area (Å²) >= 11 is 12.4. The fourth-order valence-corrected chi connectivity index (χ4v) is 3.17. The Morgan fingerprint density at radius 3 is 2.30 bits per heavy atom. The van der Waals surface area contributed by atoms with Gasteiger partial charge in [0.15, 0.2) is 11.5 Å². The maximum absolute atomic E-state index is 9.57. The summed E-state index contributed by atoms with van der Waals surface area (Å²) in [6.07, 6.45) is 1.71. The van der Waals surface area contributed by atoms with Gasteiger partial charge in [-0.1, -0.05) is 47.5 Å². The van der Waals surface area contributed by atoms with E-state index in [0.29, 0.717) is 50.4 Å². The van der Waals surface area contributed by atoms with Gasteiger partial charge in [-0.3, -0.25) is 0 Å². The molecule has 0 spiro atoms. The number of hydrogen-bond donors (Lipinski definition) is 0. The number of benzene rings is 3. The average Bonchev–Trinajstić information content (AvgIpc) is 2.77. The molecule has 0 bridgehead atoms. The van der Waals surface area contributed by atoms with Gasteiger partial charge in [0.1, 0.15) is 6.61 Å². The molecule has 0 fully saturated rings. The Morgan fingerprint density at radius 2 is 1.70 bits per heavy atom. The molecule has 0 aliphatic heterocycles. The molecule has 0 aromatic heterocycles. The Hall–Kier alpha value is -3.44. The molecular formula is C24H16Cl2N2O2. The van der Waals surface area contributed by atoms with Crippen LogP contribution in [0.5, 0.6) is 11.5 Å². The zero-order valence-electron chi connectivity index (χ0n) is 16.0. The standard InChI is InChI=1S/C24H16Cl2N2O2/c1-29-23-12-18(10-20(14-28)19-6-2-16(13-27)3-7-19)11-22(26)24(23)30-15-17-4-8-21(25)9-5-17/h2-12H,15H2,1H3/b20-10-. The molecule has 148 valence electrons. The molecule has 0 N–H and O–H groups in total. The molecule has 0 heterocycles. The van der Waals surface area contributed by atoms with E-state index in [1.165, 1.54) is 7.11 Å². The van der Waals surface area contributed by atoms with Crippen molar-refractivity contribution in [1.82, 2.24) is 0 Å². The normalized spacial score (nSPS) is 10.8. The molecule has 0 atom stereocenters. The predicted octanol–water partition coefficient (Wildman–Crippen LogP) is 6.52. The van der Waals surface area contributed by atoms with Crippen molar-refractivity contribution in [2.45, 2.75) is 6.61 Å². The van der Waals surface area contributed by atoms with Gasteiger partial charge in [0.05, 0.1) is 35.4 Å². The van der Waals surface area contributed by atoms with Crippen molar-refractivity contribution in [2.75, 3.05) is 7.11 Å². The highest BCUT2D eigenvalue weighted by molar-refractivity contribution is 6.32. The highest BCUT2D eigenvalue weighted by Crippen LogP contribution is 2.38. The molecule has 3 aromatic rings. The first kappa shape index (κ1) is 21.3. The smallest absolute Gasteiger partial charge is 0.180 e. The first-order chi connectivity index (χ1) is 14.5. The molecule has 0 saturated carbocycles. The van der Waals surface area contributed by atoms with Crippen LogP contribution in [0.1, 0.15) is 22.3 Å². The van der Waals surface area contributed by atoms with Gasteiger partial charge in [0.2, 0.25) is 0 Å². The number of ether oxygens (including phenoxy) is 2. The lowest BCUT2D eigenvalue weighted by atomic mass is 10.0. The second-order valence-electron chi connectivity index (χ2n) is 6.31. The van der Waals surface area contributed by atoms with Crippen LogP contribution in [0.25, 0.3) is 11.6 Å². The van der Waals surface area contributed by atoms with Crippen molar-refractivity contribution >= 4 is 34.9 Å². The summed E-state index contributed by atoms with van der Waals surface area (Å²) in [5.74, 6) is 0.878. The summed E-state index contributed by atoms with van der Waals surface area (Å²) in [5, 5.41) is 19.5. The van der Waals surface area contributed by atoms with Crippen LogP contribution in [0.4, 0.5) is 0 Å². The summed E-state index contributed by atoms with van der Waals surface area (Å²) in [7, 11) is 1.53. The van der Waals surface area contributed by atoms with Crippen molar-refractivity contribution in [2.24, 2.45) is 0 Å². The molecular weight excluding hydrogens is 419 g/mol. The van der Waals surface area contributed by atoms with E-state index in [9.17, 15) is 5.26 Å². The van der Waals surface area contributed by atoms with Crippen LogP contribution in [0.3, 0.4) is 0 Å². The number of nitriles is 2. The van der Waals surface area contributed by atoms with Gasteiger partial charge < -0.3 is 9.47 Å². The number of methoxy groups -OCH3 is 1. The SMILES string of the molecule is COc1cc(/C=C(/C#N)c2ccc(C#N)cc2)cc(Cl)c1OCc1ccc(Cl)cc1. The summed E-state index contributed by atoms with van der Waals surface area (Å²) in [6.45, 7) is 0.303. The maximum atomic E-state index is 9.57. The van der Waals surface area contributed by atoms with Gasteiger partial charge in [0, 0.05) is 5.02 Å². The average molecular weight is 435 g/mol. The molecule has 3 aromatic carbocycles. The molecule has 0 unspecified atom stereocenters. The number of nitrogens with zero attached hydrogens (tertiary/aromatic N) is 2. The van der Waals surface area contributed by atoms with Gasteiger partial charge in [-0.2, -0.15) is 10.5 Å². The largest absolute Gasteiger partial charge is 0.493 e. The van der Waals surface area contributed by atoms with Crippen molar-refractivity contribution in [3.63, 3.8) is 0 Å². The number of rotatable bonds is 6. The molecule has 0 saturated heterocycles. The molecule has 0 amide bonds. The van der Waals surface area contributed by atoms with Crippen molar-refractivity contribution in [1.29, 1.82) is 10.5 Å². The Balaban J connectivity index is 1.88. The monoisotopic (exact) mass is 434 g/mol. The quantitative estimate of drug-likeness (QED) is 0.327. The second kappa shape index (κ2) is 9.85. The Kier molecular flexibility index (Phi) is 6.99. The Bertz CT molecular complexity index is 1160. The van der Waals surface area contributed by atoms with Crippen molar-refractivity contribution in [3.8, 4) is 23.6 Å². The van der Waals surface area contributed by atoms with Gasteiger partial charge in [0.25, 0.3) is 0 Å². The van der Waals surface area contributed by atoms with Gasteiger partial charge in [-0.05, 0) is 59.2 Å². The van der Waals surface area contributed by atoms with Crippen LogP contribution in [0.2, 0.25) is 10.0 Å². The zero-order chi connectivity index (χ0) is 21.5. The lowest BCUT2D eigenvalue weighted by molar-refractivity contribution is 0.284. The first-order valence-corrected chi connectivity index (χ1v) is 9.66. The van der Waals surface area contributed by atoms with Crippen LogP contribution in [-0.2, 0) is 6.61 Å². The molecule has 3 rings (SSSR count). The van der Waals surface area contributed by atoms with Crippen LogP contribution < -0.4 is 9.47 Å². The fourth-order valence-electron chi connectivity index (χ4n) is 2.77. The number of allylic oxidation sites excluding steroid dienone is 1. The van der Waals surface area contributed by atoms with Crippen LogP contribution in [-0.4, -0.2) is 7.11 Å². The van der Waals surface area contributed by atoms with E-state index in [2.05, 4.69) is 12.1 Å².